The number of benzene rings is 1. The summed E-state index contributed by atoms with van der Waals surface area (Å²) < 4.78 is 5.49. The first-order valence-electron chi connectivity index (χ1n) is 8.80. The number of para-hydroxylation sites is 1. The average molecular weight is 342 g/mol. The molecule has 0 spiro atoms. The first-order valence-corrected chi connectivity index (χ1v) is 8.80. The Labute approximate surface area is 148 Å². The lowest BCUT2D eigenvalue weighted by Crippen LogP contribution is -2.32. The minimum Gasteiger partial charge on any atom is -0.496 e. The van der Waals surface area contributed by atoms with Crippen LogP contribution in [0.3, 0.4) is 0 Å². The molecule has 1 unspecified atom stereocenters. The quantitative estimate of drug-likeness (QED) is 0.754. The lowest BCUT2D eigenvalue weighted by molar-refractivity contribution is 0.0925. The largest absolute Gasteiger partial charge is 0.496 e. The van der Waals surface area contributed by atoms with Gasteiger partial charge < -0.3 is 15.4 Å². The van der Waals surface area contributed by atoms with Crippen LogP contribution < -0.4 is 15.4 Å². The summed E-state index contributed by atoms with van der Waals surface area (Å²) >= 11 is 0. The number of carbonyl (C=O) groups is 1. The Bertz CT molecular complexity index is 739. The van der Waals surface area contributed by atoms with Crippen LogP contribution in [0.5, 0.6) is 5.75 Å². The summed E-state index contributed by atoms with van der Waals surface area (Å²) in [6.07, 6.45) is 1.70. The molecule has 1 aromatic heterocycles. The van der Waals surface area contributed by atoms with Gasteiger partial charge >= 0.3 is 0 Å². The molecule has 0 saturated heterocycles. The van der Waals surface area contributed by atoms with Crippen LogP contribution in [0.1, 0.15) is 53.6 Å². The zero-order chi connectivity index (χ0) is 17.8. The van der Waals surface area contributed by atoms with Crippen LogP contribution >= 0.6 is 0 Å². The van der Waals surface area contributed by atoms with Gasteiger partial charge in [-0.05, 0) is 18.4 Å². The fourth-order valence-electron chi connectivity index (χ4n) is 3.33. The zero-order valence-corrected chi connectivity index (χ0v) is 15.1. The third kappa shape index (κ3) is 3.85. The van der Waals surface area contributed by atoms with Gasteiger partial charge in [0, 0.05) is 36.3 Å². The van der Waals surface area contributed by atoms with Gasteiger partial charge in [-0.15, -0.1) is 0 Å². The highest BCUT2D eigenvalue weighted by atomic mass is 16.5. The van der Waals surface area contributed by atoms with E-state index in [4.69, 9.17) is 4.74 Å². The van der Waals surface area contributed by atoms with Crippen molar-refractivity contribution < 1.29 is 9.53 Å². The highest BCUT2D eigenvalue weighted by Crippen LogP contribution is 2.30. The number of ether oxygens (including phenoxy) is 1. The second kappa shape index (κ2) is 7.70. The van der Waals surface area contributed by atoms with E-state index in [-0.39, 0.29) is 11.9 Å². The molecule has 2 aromatic rings. The molecule has 1 aromatic carbocycles. The normalized spacial score (nSPS) is 14.9. The summed E-state index contributed by atoms with van der Waals surface area (Å²) in [5.41, 5.74) is 3.52. The predicted octanol–water partition coefficient (Wildman–Crippen LogP) is 2.58. The Morgan fingerprint density at radius 2 is 2.16 bits per heavy atom. The highest BCUT2D eigenvalue weighted by Gasteiger charge is 2.25. The summed E-state index contributed by atoms with van der Waals surface area (Å²) in [7, 11) is 1.66. The molecule has 6 nitrogen and oxygen atoms in total. The van der Waals surface area contributed by atoms with Crippen LogP contribution in [0, 0.1) is 5.92 Å². The molecule has 0 fully saturated rings. The predicted molar refractivity (Wildman–Crippen MR) is 96.7 cm³/mol. The molecule has 0 saturated carbocycles. The molecule has 25 heavy (non-hydrogen) atoms. The number of hydrogen-bond acceptors (Lipinski definition) is 4. The molecule has 1 aliphatic rings. The third-order valence-corrected chi connectivity index (χ3v) is 4.55. The maximum absolute atomic E-state index is 12.9. The lowest BCUT2D eigenvalue weighted by atomic mass is 9.95. The second-order valence-electron chi connectivity index (χ2n) is 6.85. The zero-order valence-electron chi connectivity index (χ0n) is 15.1. The van der Waals surface area contributed by atoms with Crippen molar-refractivity contribution in [2.24, 2.45) is 5.92 Å². The van der Waals surface area contributed by atoms with Gasteiger partial charge in [0.15, 0.2) is 5.69 Å². The molecular weight excluding hydrogens is 316 g/mol. The van der Waals surface area contributed by atoms with E-state index in [1.165, 1.54) is 0 Å². The Kier molecular flexibility index (Phi) is 5.38. The summed E-state index contributed by atoms with van der Waals surface area (Å²) in [6.45, 7) is 5.88. The van der Waals surface area contributed by atoms with Crippen LogP contribution in [-0.2, 0) is 13.0 Å². The first-order chi connectivity index (χ1) is 12.1. The van der Waals surface area contributed by atoms with Gasteiger partial charge in [0.1, 0.15) is 5.75 Å². The number of carbonyl (C=O) groups excluding carboxylic acids is 1. The molecule has 2 heterocycles. The minimum absolute atomic E-state index is 0.118. The average Bonchev–Trinajstić information content (AvgIpc) is 3.05. The number of nitrogens with one attached hydrogen (secondary N) is 3. The van der Waals surface area contributed by atoms with E-state index >= 15 is 0 Å². The van der Waals surface area contributed by atoms with Crippen LogP contribution in [-0.4, -0.2) is 29.8 Å². The first kappa shape index (κ1) is 17.5. The fourth-order valence-corrected chi connectivity index (χ4v) is 3.33. The van der Waals surface area contributed by atoms with Crippen molar-refractivity contribution in [2.75, 3.05) is 13.7 Å². The molecule has 1 amide bonds. The van der Waals surface area contributed by atoms with E-state index in [0.29, 0.717) is 18.2 Å². The van der Waals surface area contributed by atoms with E-state index in [2.05, 4.69) is 34.7 Å². The van der Waals surface area contributed by atoms with Gasteiger partial charge in [-0.2, -0.15) is 5.10 Å². The van der Waals surface area contributed by atoms with Crippen LogP contribution in [0.4, 0.5) is 0 Å². The molecule has 134 valence electrons. The van der Waals surface area contributed by atoms with E-state index < -0.39 is 0 Å². The van der Waals surface area contributed by atoms with Crippen LogP contribution in [0.15, 0.2) is 24.3 Å². The lowest BCUT2D eigenvalue weighted by Gasteiger charge is -2.23. The van der Waals surface area contributed by atoms with Crippen molar-refractivity contribution in [3.8, 4) is 5.75 Å². The maximum atomic E-state index is 12.9. The number of rotatable bonds is 6. The molecule has 6 heteroatoms. The third-order valence-electron chi connectivity index (χ3n) is 4.55. The summed E-state index contributed by atoms with van der Waals surface area (Å²) in [5.74, 6) is 1.09. The standard InChI is InChI=1S/C19H26N4O2/c1-12(2)10-16(13-6-4-5-7-17(13)25-3)21-19(24)18-14-11-20-9-8-15(14)22-23-18/h4-7,12,16,20H,8-11H2,1-3H3,(H,21,24)(H,22,23). The van der Waals surface area contributed by atoms with Crippen molar-refractivity contribution in [3.63, 3.8) is 0 Å². The number of fused-ring (bicyclic) bond motifs is 1. The SMILES string of the molecule is COc1ccccc1C(CC(C)C)NC(=O)c1n[nH]c2c1CNCC2. The van der Waals surface area contributed by atoms with Gasteiger partial charge in [-0.3, -0.25) is 9.89 Å². The number of nitrogens with zero attached hydrogens (tertiary/aromatic N) is 1. The summed E-state index contributed by atoms with van der Waals surface area (Å²) in [4.78, 5) is 12.9. The van der Waals surface area contributed by atoms with Gasteiger partial charge in [-0.1, -0.05) is 32.0 Å². The van der Waals surface area contributed by atoms with Crippen LogP contribution in [0.25, 0.3) is 0 Å². The molecule has 0 aliphatic carbocycles. The monoisotopic (exact) mass is 342 g/mol. The number of aromatic nitrogens is 2. The molecule has 3 N–H and O–H groups in total. The van der Waals surface area contributed by atoms with Crippen molar-refractivity contribution in [1.29, 1.82) is 0 Å². The number of hydrogen-bond donors (Lipinski definition) is 3. The van der Waals surface area contributed by atoms with E-state index in [9.17, 15) is 4.79 Å². The molecule has 1 atom stereocenters. The second-order valence-corrected chi connectivity index (χ2v) is 6.85. The van der Waals surface area contributed by atoms with Crippen LogP contribution in [0.2, 0.25) is 0 Å². The van der Waals surface area contributed by atoms with Crippen molar-refractivity contribution in [2.45, 2.75) is 39.3 Å². The number of amides is 1. The molecule has 0 bridgehead atoms. The van der Waals surface area contributed by atoms with Gasteiger partial charge in [0.25, 0.3) is 5.91 Å². The summed E-state index contributed by atoms with van der Waals surface area (Å²) in [6, 6.07) is 7.72. The maximum Gasteiger partial charge on any atom is 0.272 e. The molecular formula is C19H26N4O2. The van der Waals surface area contributed by atoms with E-state index in [1.54, 1.807) is 7.11 Å². The highest BCUT2D eigenvalue weighted by molar-refractivity contribution is 5.94. The molecule has 0 radical (unpaired) electrons. The van der Waals surface area contributed by atoms with Crippen molar-refractivity contribution in [3.05, 3.63) is 46.8 Å². The number of aromatic amines is 1. The van der Waals surface area contributed by atoms with Crippen molar-refractivity contribution in [1.82, 2.24) is 20.8 Å². The summed E-state index contributed by atoms with van der Waals surface area (Å²) in [5, 5.41) is 13.7. The minimum atomic E-state index is -0.141. The number of methoxy groups -OCH3 is 1. The van der Waals surface area contributed by atoms with E-state index in [1.807, 2.05) is 24.3 Å². The topological polar surface area (TPSA) is 79.0 Å². The van der Waals surface area contributed by atoms with Gasteiger partial charge in [0.05, 0.1) is 13.2 Å². The smallest absolute Gasteiger partial charge is 0.272 e. The van der Waals surface area contributed by atoms with E-state index in [0.717, 1.165) is 42.0 Å². The molecule has 1 aliphatic heterocycles. The van der Waals surface area contributed by atoms with Gasteiger partial charge in [-0.25, -0.2) is 0 Å². The Morgan fingerprint density at radius 3 is 2.92 bits per heavy atom. The Balaban J connectivity index is 1.85. The van der Waals surface area contributed by atoms with Gasteiger partial charge in [0.2, 0.25) is 0 Å². The molecule has 3 rings (SSSR count). The Morgan fingerprint density at radius 1 is 1.36 bits per heavy atom. The van der Waals surface area contributed by atoms with Crippen molar-refractivity contribution >= 4 is 5.91 Å². The Hall–Kier alpha value is -2.34. The number of H-pyrrole nitrogens is 1. The fraction of sp³-hybridized carbons (Fsp3) is 0.474.